The van der Waals surface area contributed by atoms with Crippen LogP contribution in [0.4, 0.5) is 17.5 Å². The third-order valence-electron chi connectivity index (χ3n) is 4.03. The van der Waals surface area contributed by atoms with E-state index in [0.29, 0.717) is 29.6 Å². The summed E-state index contributed by atoms with van der Waals surface area (Å²) in [6.45, 7) is 3.98. The van der Waals surface area contributed by atoms with Crippen molar-refractivity contribution in [2.75, 3.05) is 23.8 Å². The van der Waals surface area contributed by atoms with E-state index in [1.807, 2.05) is 0 Å². The predicted octanol–water partition coefficient (Wildman–Crippen LogP) is 1.86. The van der Waals surface area contributed by atoms with Gasteiger partial charge in [0.15, 0.2) is 0 Å². The van der Waals surface area contributed by atoms with Crippen LogP contribution >= 0.6 is 0 Å². The summed E-state index contributed by atoms with van der Waals surface area (Å²) in [5.74, 6) is 1.23. The number of hydrogen-bond acceptors (Lipinski definition) is 9. The van der Waals surface area contributed by atoms with Crippen molar-refractivity contribution in [3.63, 3.8) is 0 Å². The van der Waals surface area contributed by atoms with Gasteiger partial charge in [0, 0.05) is 24.5 Å². The monoisotopic (exact) mass is 426 g/mol. The van der Waals surface area contributed by atoms with Gasteiger partial charge in [0.1, 0.15) is 23.9 Å². The van der Waals surface area contributed by atoms with Crippen LogP contribution in [0.5, 0.6) is 11.5 Å². The molecule has 31 heavy (non-hydrogen) atoms. The van der Waals surface area contributed by atoms with Gasteiger partial charge < -0.3 is 20.1 Å². The van der Waals surface area contributed by atoms with Crippen LogP contribution < -0.4 is 26.7 Å². The van der Waals surface area contributed by atoms with E-state index in [1.54, 1.807) is 56.4 Å². The molecule has 0 aliphatic rings. The van der Waals surface area contributed by atoms with Gasteiger partial charge in [-0.05, 0) is 44.2 Å². The third kappa shape index (κ3) is 5.92. The maximum absolute atomic E-state index is 11.9. The highest BCUT2D eigenvalue weighted by Gasteiger charge is 2.06. The minimum atomic E-state index is -0.626. The molecular weight excluding hydrogens is 404 g/mol. The molecule has 2 aromatic heterocycles. The zero-order valence-corrected chi connectivity index (χ0v) is 17.0. The Bertz CT molecular complexity index is 1120. The Balaban J connectivity index is 1.63. The molecule has 3 rings (SSSR count). The van der Waals surface area contributed by atoms with Gasteiger partial charge in [-0.2, -0.15) is 4.98 Å². The first-order valence-electron chi connectivity index (χ1n) is 9.60. The van der Waals surface area contributed by atoms with Crippen molar-refractivity contribution in [1.29, 1.82) is 0 Å². The number of hydrogen-bond donors (Lipinski definition) is 3. The summed E-state index contributed by atoms with van der Waals surface area (Å²) in [5, 5.41) is 5.75. The lowest BCUT2D eigenvalue weighted by atomic mass is 10.3. The van der Waals surface area contributed by atoms with Gasteiger partial charge in [-0.1, -0.05) is 0 Å². The maximum Gasteiger partial charge on any atom is 0.354 e. The Hall–Kier alpha value is -4.15. The first-order valence-corrected chi connectivity index (χ1v) is 9.60. The lowest BCUT2D eigenvalue weighted by Gasteiger charge is -2.10. The van der Waals surface area contributed by atoms with Crippen molar-refractivity contribution in [2.45, 2.75) is 20.4 Å². The summed E-state index contributed by atoms with van der Waals surface area (Å²) in [6, 6.07) is 10.2. The van der Waals surface area contributed by atoms with E-state index in [9.17, 15) is 14.4 Å². The molecule has 0 saturated heterocycles. The SMILES string of the molecule is CCOC(=O)CNc1cc(Oc2ccc(Nc3nc(=O)n(CC)c(=O)[nH]3)cc2)ccn1. The normalized spacial score (nSPS) is 10.4. The van der Waals surface area contributed by atoms with Crippen LogP contribution in [-0.4, -0.2) is 38.6 Å². The molecule has 1 aromatic carbocycles. The first kappa shape index (κ1) is 21.6. The number of rotatable bonds is 9. The highest BCUT2D eigenvalue weighted by Crippen LogP contribution is 2.24. The fourth-order valence-electron chi connectivity index (χ4n) is 2.60. The lowest BCUT2D eigenvalue weighted by Crippen LogP contribution is -2.36. The van der Waals surface area contributed by atoms with Crippen molar-refractivity contribution >= 4 is 23.4 Å². The number of aromatic amines is 1. The molecule has 0 spiro atoms. The summed E-state index contributed by atoms with van der Waals surface area (Å²) in [6.07, 6.45) is 1.55. The number of anilines is 3. The maximum atomic E-state index is 11.9. The van der Waals surface area contributed by atoms with Crippen LogP contribution in [0.2, 0.25) is 0 Å². The minimum absolute atomic E-state index is 0.00357. The quantitative estimate of drug-likeness (QED) is 0.437. The molecule has 2 heterocycles. The number of aromatic nitrogens is 4. The number of benzene rings is 1. The van der Waals surface area contributed by atoms with Crippen molar-refractivity contribution in [3.05, 3.63) is 63.6 Å². The second-order valence-electron chi connectivity index (χ2n) is 6.20. The second kappa shape index (κ2) is 10.1. The fourth-order valence-corrected chi connectivity index (χ4v) is 2.60. The van der Waals surface area contributed by atoms with Crippen LogP contribution in [-0.2, 0) is 16.1 Å². The smallest absolute Gasteiger partial charge is 0.354 e. The summed E-state index contributed by atoms with van der Waals surface area (Å²) in [5.41, 5.74) is -0.551. The van der Waals surface area contributed by atoms with Gasteiger partial charge >= 0.3 is 17.3 Å². The molecule has 11 nitrogen and oxygen atoms in total. The van der Waals surface area contributed by atoms with Gasteiger partial charge in [-0.3, -0.25) is 9.78 Å². The third-order valence-corrected chi connectivity index (χ3v) is 4.03. The minimum Gasteiger partial charge on any atom is -0.465 e. The molecule has 0 atom stereocenters. The Labute approximate surface area is 177 Å². The van der Waals surface area contributed by atoms with E-state index in [1.165, 1.54) is 0 Å². The van der Waals surface area contributed by atoms with Crippen molar-refractivity contribution in [2.24, 2.45) is 0 Å². The lowest BCUT2D eigenvalue weighted by molar-refractivity contribution is -0.140. The molecule has 0 unspecified atom stereocenters. The Kier molecular flexibility index (Phi) is 6.99. The average Bonchev–Trinajstić information content (AvgIpc) is 2.74. The molecule has 162 valence electrons. The predicted molar refractivity (Wildman–Crippen MR) is 114 cm³/mol. The van der Waals surface area contributed by atoms with E-state index in [2.05, 4.69) is 25.6 Å². The van der Waals surface area contributed by atoms with E-state index >= 15 is 0 Å². The van der Waals surface area contributed by atoms with Gasteiger partial charge in [-0.15, -0.1) is 0 Å². The number of H-pyrrole nitrogens is 1. The zero-order chi connectivity index (χ0) is 22.2. The number of carbonyl (C=O) groups excluding carboxylic acids is 1. The molecule has 0 aliphatic heterocycles. The van der Waals surface area contributed by atoms with Crippen LogP contribution in [0.15, 0.2) is 52.2 Å². The number of ether oxygens (including phenoxy) is 2. The van der Waals surface area contributed by atoms with Crippen molar-refractivity contribution in [1.82, 2.24) is 19.5 Å². The number of nitrogens with one attached hydrogen (secondary N) is 3. The molecular formula is C20H22N6O5. The summed E-state index contributed by atoms with van der Waals surface area (Å²) >= 11 is 0. The number of esters is 1. The Morgan fingerprint density at radius 2 is 1.90 bits per heavy atom. The Morgan fingerprint density at radius 1 is 1.13 bits per heavy atom. The molecule has 11 heteroatoms. The van der Waals surface area contributed by atoms with E-state index < -0.39 is 11.4 Å². The van der Waals surface area contributed by atoms with Gasteiger partial charge in [-0.25, -0.2) is 19.1 Å². The summed E-state index contributed by atoms with van der Waals surface area (Å²) in [7, 11) is 0. The van der Waals surface area contributed by atoms with Gasteiger partial charge in [0.2, 0.25) is 5.95 Å². The van der Waals surface area contributed by atoms with Gasteiger partial charge in [0.05, 0.1) is 6.61 Å². The largest absolute Gasteiger partial charge is 0.465 e. The van der Waals surface area contributed by atoms with E-state index in [0.717, 1.165) is 4.57 Å². The van der Waals surface area contributed by atoms with Crippen LogP contribution in [0.3, 0.4) is 0 Å². The van der Waals surface area contributed by atoms with Crippen LogP contribution in [0, 0.1) is 0 Å². The standard InChI is InChI=1S/C20H22N6O5/c1-3-26-19(28)24-18(25-20(26)29)23-13-5-7-14(8-6-13)31-15-9-10-21-16(11-15)22-12-17(27)30-4-2/h5-11H,3-4,12H2,1-2H3,(H,21,22)(H2,23,24,25,28,29). The van der Waals surface area contributed by atoms with Crippen LogP contribution in [0.1, 0.15) is 13.8 Å². The summed E-state index contributed by atoms with van der Waals surface area (Å²) in [4.78, 5) is 45.6. The molecule has 0 saturated carbocycles. The van der Waals surface area contributed by atoms with Crippen molar-refractivity contribution < 1.29 is 14.3 Å². The number of pyridine rings is 1. The molecule has 3 aromatic rings. The summed E-state index contributed by atoms with van der Waals surface area (Å²) < 4.78 is 11.6. The molecule has 0 fully saturated rings. The Morgan fingerprint density at radius 3 is 2.58 bits per heavy atom. The average molecular weight is 426 g/mol. The molecule has 0 amide bonds. The first-order chi connectivity index (χ1) is 15.0. The van der Waals surface area contributed by atoms with Crippen LogP contribution in [0.25, 0.3) is 0 Å². The highest BCUT2D eigenvalue weighted by atomic mass is 16.5. The number of carbonyl (C=O) groups is 1. The molecule has 0 aliphatic carbocycles. The fraction of sp³-hybridized carbons (Fsp3) is 0.250. The van der Waals surface area contributed by atoms with Gasteiger partial charge in [0.25, 0.3) is 0 Å². The topological polar surface area (TPSA) is 140 Å². The van der Waals surface area contributed by atoms with E-state index in [4.69, 9.17) is 9.47 Å². The van der Waals surface area contributed by atoms with Crippen molar-refractivity contribution in [3.8, 4) is 11.5 Å². The number of nitrogens with zero attached hydrogens (tertiary/aromatic N) is 3. The van der Waals surface area contributed by atoms with E-state index in [-0.39, 0.29) is 25.0 Å². The second-order valence-corrected chi connectivity index (χ2v) is 6.20. The molecule has 0 radical (unpaired) electrons. The molecule has 0 bridgehead atoms. The molecule has 3 N–H and O–H groups in total. The zero-order valence-electron chi connectivity index (χ0n) is 17.0. The highest BCUT2D eigenvalue weighted by molar-refractivity contribution is 5.74.